The van der Waals surface area contributed by atoms with Crippen molar-refractivity contribution in [2.75, 3.05) is 17.6 Å². The quantitative estimate of drug-likeness (QED) is 0.579. The summed E-state index contributed by atoms with van der Waals surface area (Å²) in [5, 5.41) is 12.1. The van der Waals surface area contributed by atoms with Gasteiger partial charge in [0, 0.05) is 6.54 Å². The number of Topliss-reactive ketones (excluding diaryl/α,β-unsaturated/α-hetero) is 1. The van der Waals surface area contributed by atoms with E-state index >= 15 is 0 Å². The maximum atomic E-state index is 11.9. The van der Waals surface area contributed by atoms with E-state index in [1.165, 1.54) is 34.4 Å². The summed E-state index contributed by atoms with van der Waals surface area (Å²) in [7, 11) is 0. The monoisotopic (exact) mass is 377 g/mol. The van der Waals surface area contributed by atoms with Crippen LogP contribution in [0.2, 0.25) is 0 Å². The predicted molar refractivity (Wildman–Crippen MR) is 85.8 cm³/mol. The molecule has 0 fully saturated rings. The third kappa shape index (κ3) is 4.55. The van der Waals surface area contributed by atoms with Crippen molar-refractivity contribution in [3.05, 3.63) is 20.8 Å². The number of rotatable bonds is 7. The molecule has 19 heavy (non-hydrogen) atoms. The standard InChI is InChI=1S/C11H12BrN3OS3/c1-2-5-13-10-14-15-11(19-10)17-6-7(16)8-3-4-9(12)18-8/h3-4H,2,5-6H2,1H3,(H,13,14). The van der Waals surface area contributed by atoms with Gasteiger partial charge in [0.15, 0.2) is 10.1 Å². The van der Waals surface area contributed by atoms with E-state index in [1.807, 2.05) is 12.1 Å². The molecule has 0 saturated carbocycles. The van der Waals surface area contributed by atoms with Crippen molar-refractivity contribution in [2.45, 2.75) is 17.7 Å². The van der Waals surface area contributed by atoms with Crippen molar-refractivity contribution in [2.24, 2.45) is 0 Å². The predicted octanol–water partition coefficient (Wildman–Crippen LogP) is 4.16. The molecule has 0 amide bonds. The molecule has 0 aliphatic carbocycles. The normalized spacial score (nSPS) is 10.6. The van der Waals surface area contributed by atoms with Crippen molar-refractivity contribution in [1.29, 1.82) is 0 Å². The summed E-state index contributed by atoms with van der Waals surface area (Å²) in [5.74, 6) is 0.522. The van der Waals surface area contributed by atoms with Crippen LogP contribution in [-0.4, -0.2) is 28.3 Å². The first-order chi connectivity index (χ1) is 9.19. The van der Waals surface area contributed by atoms with Gasteiger partial charge < -0.3 is 5.32 Å². The van der Waals surface area contributed by atoms with Gasteiger partial charge in [-0.05, 0) is 34.5 Å². The van der Waals surface area contributed by atoms with Gasteiger partial charge in [-0.3, -0.25) is 4.79 Å². The molecule has 0 aromatic carbocycles. The van der Waals surface area contributed by atoms with Gasteiger partial charge in [0.1, 0.15) is 0 Å². The van der Waals surface area contributed by atoms with E-state index in [9.17, 15) is 4.79 Å². The van der Waals surface area contributed by atoms with Crippen LogP contribution in [-0.2, 0) is 0 Å². The number of nitrogens with one attached hydrogen (secondary N) is 1. The van der Waals surface area contributed by atoms with E-state index in [0.29, 0.717) is 5.75 Å². The fraction of sp³-hybridized carbons (Fsp3) is 0.364. The van der Waals surface area contributed by atoms with Gasteiger partial charge in [-0.2, -0.15) is 0 Å². The molecule has 0 radical (unpaired) electrons. The first-order valence-electron chi connectivity index (χ1n) is 5.67. The molecule has 2 aromatic heterocycles. The van der Waals surface area contributed by atoms with E-state index in [2.05, 4.69) is 38.4 Å². The van der Waals surface area contributed by atoms with Gasteiger partial charge in [-0.15, -0.1) is 21.5 Å². The SMILES string of the molecule is CCCNc1nnc(SCC(=O)c2ccc(Br)s2)s1. The van der Waals surface area contributed by atoms with Gasteiger partial charge >= 0.3 is 0 Å². The molecule has 102 valence electrons. The van der Waals surface area contributed by atoms with Crippen molar-refractivity contribution < 1.29 is 4.79 Å². The molecule has 0 aliphatic rings. The van der Waals surface area contributed by atoms with E-state index in [0.717, 1.165) is 31.1 Å². The van der Waals surface area contributed by atoms with Gasteiger partial charge in [-0.25, -0.2) is 0 Å². The highest BCUT2D eigenvalue weighted by Gasteiger charge is 2.11. The van der Waals surface area contributed by atoms with Gasteiger partial charge in [-0.1, -0.05) is 30.0 Å². The third-order valence-electron chi connectivity index (χ3n) is 2.11. The fourth-order valence-electron chi connectivity index (χ4n) is 1.23. The minimum atomic E-state index is 0.124. The lowest BCUT2D eigenvalue weighted by molar-refractivity contribution is 0.102. The Morgan fingerprint density at radius 3 is 2.95 bits per heavy atom. The van der Waals surface area contributed by atoms with Crippen molar-refractivity contribution in [3.63, 3.8) is 0 Å². The maximum Gasteiger partial charge on any atom is 0.206 e. The lowest BCUT2D eigenvalue weighted by atomic mass is 10.4. The molecule has 0 bridgehead atoms. The van der Waals surface area contributed by atoms with Crippen LogP contribution in [0.5, 0.6) is 0 Å². The average Bonchev–Trinajstić information content (AvgIpc) is 3.02. The Labute approximate surface area is 132 Å². The van der Waals surface area contributed by atoms with Crippen LogP contribution < -0.4 is 5.32 Å². The Kier molecular flexibility index (Phi) is 5.80. The Morgan fingerprint density at radius 1 is 1.42 bits per heavy atom. The average molecular weight is 378 g/mol. The van der Waals surface area contributed by atoms with E-state index < -0.39 is 0 Å². The Morgan fingerprint density at radius 2 is 2.26 bits per heavy atom. The Balaban J connectivity index is 1.85. The van der Waals surface area contributed by atoms with Crippen molar-refractivity contribution in [1.82, 2.24) is 10.2 Å². The molecule has 0 saturated heterocycles. The second-order valence-electron chi connectivity index (χ2n) is 3.62. The zero-order valence-corrected chi connectivity index (χ0v) is 14.2. The van der Waals surface area contributed by atoms with Crippen LogP contribution in [0.1, 0.15) is 23.0 Å². The molecule has 2 rings (SSSR count). The second-order valence-corrected chi connectivity index (χ2v) is 8.28. The summed E-state index contributed by atoms with van der Waals surface area (Å²) in [6, 6.07) is 3.73. The molecule has 0 unspecified atom stereocenters. The first-order valence-corrected chi connectivity index (χ1v) is 9.09. The summed E-state index contributed by atoms with van der Waals surface area (Å²) < 4.78 is 1.80. The number of hydrogen-bond donors (Lipinski definition) is 1. The molecule has 0 spiro atoms. The van der Waals surface area contributed by atoms with Crippen LogP contribution >= 0.6 is 50.4 Å². The number of ketones is 1. The molecule has 2 heterocycles. The number of hydrogen-bond acceptors (Lipinski definition) is 7. The maximum absolute atomic E-state index is 11.9. The van der Waals surface area contributed by atoms with Crippen LogP contribution in [0.3, 0.4) is 0 Å². The number of anilines is 1. The number of halogens is 1. The highest BCUT2D eigenvalue weighted by Crippen LogP contribution is 2.28. The third-order valence-corrected chi connectivity index (χ3v) is 5.79. The number of thioether (sulfide) groups is 1. The van der Waals surface area contributed by atoms with Gasteiger partial charge in [0.25, 0.3) is 0 Å². The van der Waals surface area contributed by atoms with E-state index in [4.69, 9.17) is 0 Å². The lowest BCUT2D eigenvalue weighted by Crippen LogP contribution is -1.98. The van der Waals surface area contributed by atoms with Crippen LogP contribution in [0, 0.1) is 0 Å². The zero-order chi connectivity index (χ0) is 13.7. The molecular weight excluding hydrogens is 366 g/mol. The fourth-order valence-corrected chi connectivity index (χ4v) is 4.31. The highest BCUT2D eigenvalue weighted by molar-refractivity contribution is 9.11. The minimum Gasteiger partial charge on any atom is -0.360 e. The number of nitrogens with zero attached hydrogens (tertiary/aromatic N) is 2. The summed E-state index contributed by atoms with van der Waals surface area (Å²) in [6.45, 7) is 2.99. The van der Waals surface area contributed by atoms with Gasteiger partial charge in [0.05, 0.1) is 14.4 Å². The highest BCUT2D eigenvalue weighted by atomic mass is 79.9. The second kappa shape index (κ2) is 7.37. The van der Waals surface area contributed by atoms with Crippen molar-refractivity contribution in [3.8, 4) is 0 Å². The number of thiophene rings is 1. The summed E-state index contributed by atoms with van der Waals surface area (Å²) in [6.07, 6.45) is 1.05. The summed E-state index contributed by atoms with van der Waals surface area (Å²) >= 11 is 7.73. The van der Waals surface area contributed by atoms with Gasteiger partial charge in [0.2, 0.25) is 5.13 Å². The largest absolute Gasteiger partial charge is 0.360 e. The lowest BCUT2D eigenvalue weighted by Gasteiger charge is -1.96. The minimum absolute atomic E-state index is 0.124. The Bertz CT molecular complexity index is 555. The topological polar surface area (TPSA) is 54.9 Å². The molecule has 4 nitrogen and oxygen atoms in total. The van der Waals surface area contributed by atoms with Crippen LogP contribution in [0.25, 0.3) is 0 Å². The molecular formula is C11H12BrN3OS3. The van der Waals surface area contributed by atoms with E-state index in [-0.39, 0.29) is 5.78 Å². The number of aromatic nitrogens is 2. The molecule has 8 heteroatoms. The molecule has 1 N–H and O–H groups in total. The number of carbonyl (C=O) groups excluding carboxylic acids is 1. The molecule has 0 atom stereocenters. The molecule has 0 aliphatic heterocycles. The van der Waals surface area contributed by atoms with Crippen LogP contribution in [0.4, 0.5) is 5.13 Å². The smallest absolute Gasteiger partial charge is 0.206 e. The number of carbonyl (C=O) groups is 1. The summed E-state index contributed by atoms with van der Waals surface area (Å²) in [5.41, 5.74) is 0. The zero-order valence-electron chi connectivity index (χ0n) is 10.2. The first kappa shape index (κ1) is 15.0. The Hall–Kier alpha value is -0.440. The van der Waals surface area contributed by atoms with Crippen molar-refractivity contribution >= 4 is 61.3 Å². The van der Waals surface area contributed by atoms with E-state index in [1.54, 1.807) is 0 Å². The molecule has 2 aromatic rings. The summed E-state index contributed by atoms with van der Waals surface area (Å²) in [4.78, 5) is 12.7. The van der Waals surface area contributed by atoms with Crippen LogP contribution in [0.15, 0.2) is 20.3 Å².